The summed E-state index contributed by atoms with van der Waals surface area (Å²) in [6.45, 7) is 0.213. The average Bonchev–Trinajstić information content (AvgIpc) is 2.93. The maximum atomic E-state index is 12.2. The van der Waals surface area contributed by atoms with E-state index in [2.05, 4.69) is 14.7 Å². The second-order valence-electron chi connectivity index (χ2n) is 4.14. The van der Waals surface area contributed by atoms with Gasteiger partial charge in [-0.1, -0.05) is 23.2 Å². The van der Waals surface area contributed by atoms with E-state index in [1.165, 1.54) is 25.6 Å². The Morgan fingerprint density at radius 1 is 1.33 bits per heavy atom. The zero-order valence-electron chi connectivity index (χ0n) is 11.1. The number of sulfonamides is 1. The van der Waals surface area contributed by atoms with Crippen molar-refractivity contribution < 1.29 is 13.2 Å². The zero-order valence-corrected chi connectivity index (χ0v) is 13.4. The Balaban J connectivity index is 2.14. The summed E-state index contributed by atoms with van der Waals surface area (Å²) in [6, 6.07) is 2.63. The molecule has 0 unspecified atom stereocenters. The first-order valence-electron chi connectivity index (χ1n) is 5.94. The van der Waals surface area contributed by atoms with Crippen LogP contribution in [-0.2, 0) is 16.4 Å². The normalized spacial score (nSPS) is 11.6. The van der Waals surface area contributed by atoms with Crippen molar-refractivity contribution in [3.8, 4) is 5.75 Å². The largest absolute Gasteiger partial charge is 0.495 e. The molecule has 0 bridgehead atoms. The number of imidazole rings is 1. The first kappa shape index (κ1) is 16.1. The van der Waals surface area contributed by atoms with Gasteiger partial charge in [-0.05, 0) is 6.07 Å². The van der Waals surface area contributed by atoms with Gasteiger partial charge in [0.15, 0.2) is 0 Å². The van der Waals surface area contributed by atoms with Gasteiger partial charge in [-0.3, -0.25) is 0 Å². The van der Waals surface area contributed by atoms with E-state index in [-0.39, 0.29) is 21.5 Å². The lowest BCUT2D eigenvalue weighted by Gasteiger charge is -2.10. The van der Waals surface area contributed by atoms with Gasteiger partial charge in [0.25, 0.3) is 0 Å². The summed E-state index contributed by atoms with van der Waals surface area (Å²) < 4.78 is 31.9. The van der Waals surface area contributed by atoms with Crippen molar-refractivity contribution in [1.29, 1.82) is 0 Å². The molecule has 0 aliphatic carbocycles. The van der Waals surface area contributed by atoms with Crippen molar-refractivity contribution in [1.82, 2.24) is 14.7 Å². The molecule has 0 radical (unpaired) electrons. The van der Waals surface area contributed by atoms with Gasteiger partial charge >= 0.3 is 0 Å². The number of nitrogens with one attached hydrogen (secondary N) is 2. The fourth-order valence-electron chi connectivity index (χ4n) is 1.69. The van der Waals surface area contributed by atoms with Gasteiger partial charge < -0.3 is 9.72 Å². The SMILES string of the molecule is COc1cc(Cl)c(S(=O)(=O)NCCc2cnc[nH]2)cc1Cl. The Labute approximate surface area is 132 Å². The summed E-state index contributed by atoms with van der Waals surface area (Å²) in [4.78, 5) is 6.66. The lowest BCUT2D eigenvalue weighted by molar-refractivity contribution is 0.414. The summed E-state index contributed by atoms with van der Waals surface area (Å²) in [5.74, 6) is 0.318. The van der Waals surface area contributed by atoms with E-state index < -0.39 is 10.0 Å². The third-order valence-electron chi connectivity index (χ3n) is 2.74. The number of ether oxygens (including phenoxy) is 1. The minimum atomic E-state index is -3.75. The van der Waals surface area contributed by atoms with E-state index in [0.717, 1.165) is 5.69 Å². The fraction of sp³-hybridized carbons (Fsp3) is 0.250. The average molecular weight is 350 g/mol. The lowest BCUT2D eigenvalue weighted by Crippen LogP contribution is -2.26. The molecule has 0 amide bonds. The minimum absolute atomic E-state index is 0.0466. The number of aromatic amines is 1. The van der Waals surface area contributed by atoms with Crippen molar-refractivity contribution in [2.75, 3.05) is 13.7 Å². The summed E-state index contributed by atoms with van der Waals surface area (Å²) in [5, 5.41) is 0.223. The van der Waals surface area contributed by atoms with Crippen LogP contribution in [0.1, 0.15) is 5.69 Å². The Morgan fingerprint density at radius 3 is 2.71 bits per heavy atom. The molecule has 6 nitrogen and oxygen atoms in total. The molecular formula is C12H13Cl2N3O3S. The molecule has 21 heavy (non-hydrogen) atoms. The van der Waals surface area contributed by atoms with Crippen molar-refractivity contribution in [3.05, 3.63) is 40.4 Å². The second kappa shape index (κ2) is 6.65. The highest BCUT2D eigenvalue weighted by Gasteiger charge is 2.20. The molecule has 1 aromatic heterocycles. The number of aromatic nitrogens is 2. The van der Waals surface area contributed by atoms with E-state index in [4.69, 9.17) is 27.9 Å². The van der Waals surface area contributed by atoms with Crippen LogP contribution in [0.4, 0.5) is 0 Å². The first-order valence-corrected chi connectivity index (χ1v) is 8.18. The van der Waals surface area contributed by atoms with Crippen LogP contribution in [0.5, 0.6) is 5.75 Å². The van der Waals surface area contributed by atoms with Crippen molar-refractivity contribution >= 4 is 33.2 Å². The van der Waals surface area contributed by atoms with Crippen molar-refractivity contribution in [2.24, 2.45) is 0 Å². The lowest BCUT2D eigenvalue weighted by atomic mass is 10.3. The van der Waals surface area contributed by atoms with Crippen LogP contribution in [0.15, 0.2) is 29.6 Å². The Bertz CT molecular complexity index is 718. The van der Waals surface area contributed by atoms with Crippen LogP contribution in [0.2, 0.25) is 10.0 Å². The van der Waals surface area contributed by atoms with Crippen LogP contribution in [0.25, 0.3) is 0 Å². The molecule has 0 fully saturated rings. The number of hydrogen-bond donors (Lipinski definition) is 2. The Morgan fingerprint density at radius 2 is 2.10 bits per heavy atom. The number of rotatable bonds is 6. The minimum Gasteiger partial charge on any atom is -0.495 e. The van der Waals surface area contributed by atoms with Gasteiger partial charge in [0.1, 0.15) is 10.6 Å². The predicted molar refractivity (Wildman–Crippen MR) is 80.5 cm³/mol. The molecule has 0 saturated heterocycles. The summed E-state index contributed by atoms with van der Waals surface area (Å²) in [5.41, 5.74) is 0.830. The standard InChI is InChI=1S/C12H13Cl2N3O3S/c1-20-11-4-10(14)12(5-9(11)13)21(18,19)17-3-2-8-6-15-7-16-8/h4-7,17H,2-3H2,1H3,(H,15,16). The number of benzene rings is 1. The van der Waals surface area contributed by atoms with Crippen LogP contribution in [0.3, 0.4) is 0 Å². The number of halogens is 2. The predicted octanol–water partition coefficient (Wildman–Crippen LogP) is 2.25. The maximum absolute atomic E-state index is 12.2. The van der Waals surface area contributed by atoms with E-state index in [1.54, 1.807) is 6.20 Å². The maximum Gasteiger partial charge on any atom is 0.242 e. The van der Waals surface area contributed by atoms with Crippen LogP contribution >= 0.6 is 23.2 Å². The van der Waals surface area contributed by atoms with E-state index in [1.807, 2.05) is 0 Å². The monoisotopic (exact) mass is 349 g/mol. The summed E-state index contributed by atoms with van der Waals surface area (Å²) in [7, 11) is -2.32. The molecule has 2 rings (SSSR count). The molecule has 9 heteroatoms. The molecule has 0 spiro atoms. The molecule has 2 N–H and O–H groups in total. The van der Waals surface area contributed by atoms with E-state index in [0.29, 0.717) is 12.2 Å². The van der Waals surface area contributed by atoms with Crippen LogP contribution in [0, 0.1) is 0 Å². The molecule has 0 saturated carbocycles. The highest BCUT2D eigenvalue weighted by Crippen LogP contribution is 2.33. The highest BCUT2D eigenvalue weighted by molar-refractivity contribution is 7.89. The zero-order chi connectivity index (χ0) is 15.5. The van der Waals surface area contributed by atoms with Crippen LogP contribution in [-0.4, -0.2) is 32.0 Å². The molecule has 0 aliphatic rings. The number of nitrogens with zero attached hydrogens (tertiary/aromatic N) is 1. The molecular weight excluding hydrogens is 337 g/mol. The third kappa shape index (κ3) is 3.88. The van der Waals surface area contributed by atoms with Gasteiger partial charge in [-0.25, -0.2) is 18.1 Å². The fourth-order valence-corrected chi connectivity index (χ4v) is 3.57. The second-order valence-corrected chi connectivity index (χ2v) is 6.69. The molecule has 1 heterocycles. The van der Waals surface area contributed by atoms with E-state index in [9.17, 15) is 8.42 Å². The Hall–Kier alpha value is -1.28. The van der Waals surface area contributed by atoms with Crippen molar-refractivity contribution in [3.63, 3.8) is 0 Å². The number of hydrogen-bond acceptors (Lipinski definition) is 4. The first-order chi connectivity index (χ1) is 9.94. The highest BCUT2D eigenvalue weighted by atomic mass is 35.5. The topological polar surface area (TPSA) is 84.1 Å². The third-order valence-corrected chi connectivity index (χ3v) is 4.96. The molecule has 1 aromatic carbocycles. The van der Waals surface area contributed by atoms with Gasteiger partial charge in [-0.2, -0.15) is 0 Å². The molecule has 0 aliphatic heterocycles. The number of H-pyrrole nitrogens is 1. The van der Waals surface area contributed by atoms with Gasteiger partial charge in [0.2, 0.25) is 10.0 Å². The smallest absolute Gasteiger partial charge is 0.242 e. The van der Waals surface area contributed by atoms with Gasteiger partial charge in [0, 0.05) is 30.9 Å². The Kier molecular flexibility index (Phi) is 5.10. The van der Waals surface area contributed by atoms with E-state index >= 15 is 0 Å². The molecule has 0 atom stereocenters. The molecule has 2 aromatic rings. The number of methoxy groups -OCH3 is 1. The van der Waals surface area contributed by atoms with Crippen molar-refractivity contribution in [2.45, 2.75) is 11.3 Å². The molecule has 114 valence electrons. The van der Waals surface area contributed by atoms with Crippen LogP contribution < -0.4 is 9.46 Å². The summed E-state index contributed by atoms with van der Waals surface area (Å²) in [6.07, 6.45) is 3.65. The van der Waals surface area contributed by atoms with Gasteiger partial charge in [0.05, 0.1) is 23.5 Å². The quantitative estimate of drug-likeness (QED) is 0.837. The summed E-state index contributed by atoms with van der Waals surface area (Å²) >= 11 is 11.9. The van der Waals surface area contributed by atoms with Gasteiger partial charge in [-0.15, -0.1) is 0 Å².